The predicted molar refractivity (Wildman–Crippen MR) is 54.0 cm³/mol. The summed E-state index contributed by atoms with van der Waals surface area (Å²) in [5, 5.41) is 0. The number of amides is 1. The molecule has 0 aromatic carbocycles. The highest BCUT2D eigenvalue weighted by molar-refractivity contribution is 14.1. The smallest absolute Gasteiger partial charge is 0.234 e. The van der Waals surface area contributed by atoms with Crippen LogP contribution in [-0.4, -0.2) is 40.7 Å². The number of nitrogens with zero attached hydrogens (tertiary/aromatic N) is 1. The van der Waals surface area contributed by atoms with E-state index < -0.39 is 0 Å². The van der Waals surface area contributed by atoms with E-state index in [4.69, 9.17) is 10.5 Å². The summed E-state index contributed by atoms with van der Waals surface area (Å²) < 4.78 is 5.51. The minimum absolute atomic E-state index is 0.175. The Morgan fingerprint density at radius 1 is 1.83 bits per heavy atom. The van der Waals surface area contributed by atoms with Gasteiger partial charge in [-0.2, -0.15) is 0 Å². The van der Waals surface area contributed by atoms with Crippen molar-refractivity contribution in [1.29, 1.82) is 0 Å². The minimum atomic E-state index is -0.263. The molecule has 1 fully saturated rings. The molecule has 1 aliphatic rings. The first-order valence-electron chi connectivity index (χ1n) is 3.90. The van der Waals surface area contributed by atoms with Crippen molar-refractivity contribution >= 4 is 28.5 Å². The number of rotatable bonds is 2. The largest absolute Gasteiger partial charge is 0.368 e. The van der Waals surface area contributed by atoms with Crippen molar-refractivity contribution in [2.45, 2.75) is 17.1 Å². The van der Waals surface area contributed by atoms with Gasteiger partial charge >= 0.3 is 0 Å². The number of halogens is 1. The molecule has 1 heterocycles. The average Bonchev–Trinajstić information content (AvgIpc) is 2.03. The Morgan fingerprint density at radius 2 is 2.50 bits per heavy atom. The molecule has 5 heteroatoms. The van der Waals surface area contributed by atoms with Crippen molar-refractivity contribution in [2.24, 2.45) is 5.73 Å². The van der Waals surface area contributed by atoms with Crippen LogP contribution < -0.4 is 5.73 Å². The molecular formula is C7H13IN2O2. The summed E-state index contributed by atoms with van der Waals surface area (Å²) in [4.78, 5) is 12.9. The highest BCUT2D eigenvalue weighted by atomic mass is 127. The Bertz CT molecular complexity index is 177. The van der Waals surface area contributed by atoms with Crippen LogP contribution in [0.4, 0.5) is 0 Å². The third-order valence-electron chi connectivity index (χ3n) is 2.01. The van der Waals surface area contributed by atoms with Crippen LogP contribution in [0.5, 0.6) is 0 Å². The number of carbonyl (C=O) groups is 1. The first kappa shape index (κ1) is 10.2. The second-order valence-electron chi connectivity index (χ2n) is 2.85. The van der Waals surface area contributed by atoms with Crippen LogP contribution in [-0.2, 0) is 9.53 Å². The maximum absolute atomic E-state index is 10.8. The first-order valence-corrected chi connectivity index (χ1v) is 5.15. The third kappa shape index (κ3) is 2.56. The Morgan fingerprint density at radius 3 is 3.00 bits per heavy atom. The van der Waals surface area contributed by atoms with E-state index in [9.17, 15) is 4.79 Å². The summed E-state index contributed by atoms with van der Waals surface area (Å²) in [5.41, 5.74) is 5.19. The summed E-state index contributed by atoms with van der Waals surface area (Å²) in [5.74, 6) is -0.263. The van der Waals surface area contributed by atoms with Crippen molar-refractivity contribution < 1.29 is 9.53 Å². The number of hydrogen-bond donors (Lipinski definition) is 1. The van der Waals surface area contributed by atoms with Crippen molar-refractivity contribution in [3.8, 4) is 0 Å². The van der Waals surface area contributed by atoms with E-state index in [0.29, 0.717) is 6.61 Å². The number of primary amides is 1. The highest BCUT2D eigenvalue weighted by Gasteiger charge is 2.24. The average molecular weight is 284 g/mol. The van der Waals surface area contributed by atoms with Crippen LogP contribution in [0.15, 0.2) is 0 Å². The van der Waals surface area contributed by atoms with E-state index in [-0.39, 0.29) is 16.1 Å². The molecule has 2 atom stereocenters. The predicted octanol–water partition coefficient (Wildman–Crippen LogP) is -0.0465. The number of nitrogens with two attached hydrogens (primary N) is 1. The zero-order chi connectivity index (χ0) is 9.14. The van der Waals surface area contributed by atoms with Gasteiger partial charge in [-0.15, -0.1) is 0 Å². The SMILES string of the molecule is CC(C(N)=O)N1CCOC(I)C1. The quantitative estimate of drug-likeness (QED) is 0.571. The van der Waals surface area contributed by atoms with Crippen molar-refractivity contribution in [3.05, 3.63) is 0 Å². The molecule has 0 saturated carbocycles. The van der Waals surface area contributed by atoms with Crippen molar-refractivity contribution in [3.63, 3.8) is 0 Å². The van der Waals surface area contributed by atoms with Gasteiger partial charge in [-0.1, -0.05) is 0 Å². The molecule has 0 aromatic heterocycles. The first-order chi connectivity index (χ1) is 5.61. The van der Waals surface area contributed by atoms with Gasteiger partial charge in [-0.25, -0.2) is 0 Å². The molecule has 1 amide bonds. The lowest BCUT2D eigenvalue weighted by Gasteiger charge is -2.33. The fraction of sp³-hybridized carbons (Fsp3) is 0.857. The fourth-order valence-corrected chi connectivity index (χ4v) is 1.92. The van der Waals surface area contributed by atoms with E-state index in [2.05, 4.69) is 22.6 Å². The third-order valence-corrected chi connectivity index (χ3v) is 2.77. The normalized spacial score (nSPS) is 28.3. The number of ether oxygens (including phenoxy) is 1. The molecule has 2 unspecified atom stereocenters. The lowest BCUT2D eigenvalue weighted by atomic mass is 10.2. The topological polar surface area (TPSA) is 55.6 Å². The van der Waals surface area contributed by atoms with Gasteiger partial charge in [0.1, 0.15) is 4.11 Å². The zero-order valence-corrected chi connectivity index (χ0v) is 9.15. The lowest BCUT2D eigenvalue weighted by molar-refractivity contribution is -0.124. The van der Waals surface area contributed by atoms with Crippen LogP contribution in [0, 0.1) is 0 Å². The monoisotopic (exact) mass is 284 g/mol. The molecule has 1 saturated heterocycles. The van der Waals surface area contributed by atoms with E-state index in [1.807, 2.05) is 11.8 Å². The van der Waals surface area contributed by atoms with Gasteiger partial charge in [0.05, 0.1) is 12.6 Å². The summed E-state index contributed by atoms with van der Waals surface area (Å²) in [6.45, 7) is 4.09. The highest BCUT2D eigenvalue weighted by Crippen LogP contribution is 2.13. The van der Waals surface area contributed by atoms with Crippen LogP contribution >= 0.6 is 22.6 Å². The van der Waals surface area contributed by atoms with E-state index >= 15 is 0 Å². The summed E-state index contributed by atoms with van der Waals surface area (Å²) in [6.07, 6.45) is 0. The molecule has 12 heavy (non-hydrogen) atoms. The number of carbonyl (C=O) groups excluding carboxylic acids is 1. The van der Waals surface area contributed by atoms with Gasteiger partial charge in [0, 0.05) is 13.1 Å². The van der Waals surface area contributed by atoms with Gasteiger partial charge in [-0.05, 0) is 29.5 Å². The molecule has 1 rings (SSSR count). The van der Waals surface area contributed by atoms with E-state index in [1.165, 1.54) is 0 Å². The Hall–Kier alpha value is 0.120. The second kappa shape index (κ2) is 4.38. The van der Waals surface area contributed by atoms with Crippen LogP contribution in [0.2, 0.25) is 0 Å². The molecule has 2 N–H and O–H groups in total. The number of hydrogen-bond acceptors (Lipinski definition) is 3. The van der Waals surface area contributed by atoms with E-state index in [1.54, 1.807) is 0 Å². The Labute approximate surface area is 85.6 Å². The molecular weight excluding hydrogens is 271 g/mol. The van der Waals surface area contributed by atoms with Gasteiger partial charge in [0.2, 0.25) is 5.91 Å². The number of alkyl halides is 1. The molecule has 70 valence electrons. The van der Waals surface area contributed by atoms with Gasteiger partial charge in [-0.3, -0.25) is 9.69 Å². The fourth-order valence-electron chi connectivity index (χ4n) is 1.16. The minimum Gasteiger partial charge on any atom is -0.368 e. The maximum atomic E-state index is 10.8. The molecule has 0 spiro atoms. The molecule has 4 nitrogen and oxygen atoms in total. The van der Waals surface area contributed by atoms with Crippen molar-refractivity contribution in [1.82, 2.24) is 4.90 Å². The Kier molecular flexibility index (Phi) is 3.73. The molecule has 0 radical (unpaired) electrons. The lowest BCUT2D eigenvalue weighted by Crippen LogP contribution is -2.49. The second-order valence-corrected chi connectivity index (χ2v) is 4.24. The molecule has 1 aliphatic heterocycles. The van der Waals surface area contributed by atoms with Crippen LogP contribution in [0.25, 0.3) is 0 Å². The molecule has 0 bridgehead atoms. The Balaban J connectivity index is 2.45. The number of morpholine rings is 1. The standard InChI is InChI=1S/C7H13IN2O2/c1-5(7(9)11)10-2-3-12-6(8)4-10/h5-6H,2-4H2,1H3,(H2,9,11). The molecule has 0 aromatic rings. The van der Waals surface area contributed by atoms with Gasteiger partial charge in [0.25, 0.3) is 0 Å². The molecule has 0 aliphatic carbocycles. The maximum Gasteiger partial charge on any atom is 0.234 e. The summed E-state index contributed by atoms with van der Waals surface area (Å²) in [7, 11) is 0. The van der Waals surface area contributed by atoms with Gasteiger partial charge < -0.3 is 10.5 Å². The summed E-state index contributed by atoms with van der Waals surface area (Å²) >= 11 is 2.21. The van der Waals surface area contributed by atoms with Crippen LogP contribution in [0.3, 0.4) is 0 Å². The van der Waals surface area contributed by atoms with E-state index in [0.717, 1.165) is 13.1 Å². The van der Waals surface area contributed by atoms with Crippen LogP contribution in [0.1, 0.15) is 6.92 Å². The summed E-state index contributed by atoms with van der Waals surface area (Å²) in [6, 6.07) is -0.175. The van der Waals surface area contributed by atoms with Gasteiger partial charge in [0.15, 0.2) is 0 Å². The zero-order valence-electron chi connectivity index (χ0n) is 7.00. The van der Waals surface area contributed by atoms with Crippen molar-refractivity contribution in [2.75, 3.05) is 19.7 Å².